The first-order valence-electron chi connectivity index (χ1n) is 13.2. The highest BCUT2D eigenvalue weighted by atomic mass is 32.2. The van der Waals surface area contributed by atoms with Crippen LogP contribution in [0, 0.1) is 0 Å². The van der Waals surface area contributed by atoms with E-state index in [1.165, 1.54) is 61.3 Å². The molecule has 1 unspecified atom stereocenters. The van der Waals surface area contributed by atoms with Gasteiger partial charge in [0.25, 0.3) is 0 Å². The lowest BCUT2D eigenvalue weighted by Crippen LogP contribution is -2.20. The maximum Gasteiger partial charge on any atom is 0.166 e. The molecule has 1 atom stereocenters. The van der Waals surface area contributed by atoms with Crippen molar-refractivity contribution in [1.29, 1.82) is 0 Å². The minimum Gasteiger partial charge on any atom is -0.0901 e. The fraction of sp³-hybridized carbons (Fsp3) is 0.143. The number of hydrogen-bond acceptors (Lipinski definition) is 1. The minimum atomic E-state index is -0.153. The van der Waals surface area contributed by atoms with Gasteiger partial charge in [0.1, 0.15) is 0 Å². The molecule has 5 aromatic rings. The summed E-state index contributed by atoms with van der Waals surface area (Å²) in [5.74, 6) is 0. The molecule has 0 radical (unpaired) electrons. The summed E-state index contributed by atoms with van der Waals surface area (Å²) in [7, 11) is -0.153. The first kappa shape index (κ1) is 23.0. The molecule has 180 valence electrons. The largest absolute Gasteiger partial charge is 0.166 e. The van der Waals surface area contributed by atoms with Gasteiger partial charge in [-0.3, -0.25) is 0 Å². The second-order valence-corrected chi connectivity index (χ2v) is 13.2. The zero-order valence-corrected chi connectivity index (χ0v) is 22.4. The molecular formula is C35H29S2+. The molecule has 0 nitrogen and oxygen atoms in total. The van der Waals surface area contributed by atoms with E-state index in [1.807, 2.05) is 11.8 Å². The number of benzene rings is 5. The summed E-state index contributed by atoms with van der Waals surface area (Å²) in [6.45, 7) is 0. The van der Waals surface area contributed by atoms with Crippen LogP contribution in [0.15, 0.2) is 152 Å². The maximum atomic E-state index is 2.57. The summed E-state index contributed by atoms with van der Waals surface area (Å²) in [5, 5.41) is 0. The lowest BCUT2D eigenvalue weighted by Gasteiger charge is -2.26. The fourth-order valence-electron chi connectivity index (χ4n) is 6.31. The van der Waals surface area contributed by atoms with E-state index in [2.05, 4.69) is 127 Å². The minimum absolute atomic E-state index is 0.153. The van der Waals surface area contributed by atoms with E-state index in [1.54, 1.807) is 11.1 Å². The van der Waals surface area contributed by atoms with Crippen molar-refractivity contribution in [3.8, 4) is 11.1 Å². The summed E-state index contributed by atoms with van der Waals surface area (Å²) in [6.07, 6.45) is 5.18. The van der Waals surface area contributed by atoms with Crippen LogP contribution in [0.25, 0.3) is 11.1 Å². The second-order valence-electron chi connectivity index (χ2n) is 10.0. The molecule has 1 spiro atoms. The van der Waals surface area contributed by atoms with Crippen LogP contribution in [0.4, 0.5) is 0 Å². The van der Waals surface area contributed by atoms with Crippen molar-refractivity contribution in [3.05, 3.63) is 139 Å². The second kappa shape index (κ2) is 9.59. The Morgan fingerprint density at radius 2 is 1.05 bits per heavy atom. The number of rotatable bonds is 5. The molecular weight excluding hydrogens is 485 g/mol. The monoisotopic (exact) mass is 513 g/mol. The predicted molar refractivity (Wildman–Crippen MR) is 157 cm³/mol. The van der Waals surface area contributed by atoms with Crippen molar-refractivity contribution in [3.63, 3.8) is 0 Å². The molecule has 7 rings (SSSR count). The van der Waals surface area contributed by atoms with Crippen LogP contribution in [-0.4, -0.2) is 0 Å². The molecule has 0 amide bonds. The zero-order valence-electron chi connectivity index (χ0n) is 20.8. The van der Waals surface area contributed by atoms with E-state index < -0.39 is 0 Å². The average molecular weight is 514 g/mol. The Bertz CT molecular complexity index is 1530. The van der Waals surface area contributed by atoms with Gasteiger partial charge in [0, 0.05) is 15.2 Å². The summed E-state index contributed by atoms with van der Waals surface area (Å²) in [6, 6.07) is 47.5. The van der Waals surface area contributed by atoms with Gasteiger partial charge in [-0.05, 0) is 102 Å². The molecule has 0 bridgehead atoms. The molecule has 0 heterocycles. The van der Waals surface area contributed by atoms with Crippen molar-refractivity contribution in [2.75, 3.05) is 0 Å². The highest BCUT2D eigenvalue weighted by molar-refractivity contribution is 7.99. The summed E-state index contributed by atoms with van der Waals surface area (Å²) in [5.41, 5.74) is 6.22. The molecule has 0 aromatic heterocycles. The van der Waals surface area contributed by atoms with Crippen LogP contribution < -0.4 is 0 Å². The Hall–Kier alpha value is -3.20. The normalized spacial score (nSPS) is 15.9. The Morgan fingerprint density at radius 1 is 0.486 bits per heavy atom. The molecule has 2 aliphatic rings. The van der Waals surface area contributed by atoms with Crippen LogP contribution in [0.1, 0.15) is 36.8 Å². The Kier molecular flexibility index (Phi) is 5.95. The van der Waals surface area contributed by atoms with Gasteiger partial charge in [0.2, 0.25) is 0 Å². The molecule has 1 saturated carbocycles. The van der Waals surface area contributed by atoms with E-state index in [0.717, 1.165) is 0 Å². The summed E-state index contributed by atoms with van der Waals surface area (Å²) >= 11 is 1.82. The lowest BCUT2D eigenvalue weighted by molar-refractivity contribution is 0.549. The van der Waals surface area contributed by atoms with Crippen molar-refractivity contribution in [1.82, 2.24) is 0 Å². The fourth-order valence-corrected chi connectivity index (χ4v) is 9.24. The van der Waals surface area contributed by atoms with Gasteiger partial charge in [0.15, 0.2) is 14.7 Å². The predicted octanol–water partition coefficient (Wildman–Crippen LogP) is 9.77. The van der Waals surface area contributed by atoms with E-state index in [0.29, 0.717) is 0 Å². The number of hydrogen-bond donors (Lipinski definition) is 0. The lowest BCUT2D eigenvalue weighted by atomic mass is 9.77. The Morgan fingerprint density at radius 3 is 1.81 bits per heavy atom. The third-order valence-corrected chi connectivity index (χ3v) is 11.2. The number of fused-ring (bicyclic) bond motifs is 5. The third-order valence-electron chi connectivity index (χ3n) is 7.95. The molecule has 1 fully saturated rings. The van der Waals surface area contributed by atoms with Crippen molar-refractivity contribution in [2.24, 2.45) is 0 Å². The highest BCUT2D eigenvalue weighted by Crippen LogP contribution is 2.57. The van der Waals surface area contributed by atoms with Crippen molar-refractivity contribution < 1.29 is 0 Å². The van der Waals surface area contributed by atoms with Crippen molar-refractivity contribution >= 4 is 22.7 Å². The van der Waals surface area contributed by atoms with Gasteiger partial charge in [0.05, 0.1) is 10.9 Å². The standard InChI is InChI=1S/C35H29S2/c1-3-11-26(12-4-1)36-27-17-19-29(20-18-27)37(28-13-5-2-6-14-28)30-21-22-32-31-15-7-8-16-33(31)35(34(32)25-30)23-9-10-24-35/h1-8,11-22,25H,9-10,23-24H2/q+1. The van der Waals surface area contributed by atoms with Crippen LogP contribution in [-0.2, 0) is 16.3 Å². The molecule has 5 aromatic carbocycles. The van der Waals surface area contributed by atoms with E-state index >= 15 is 0 Å². The van der Waals surface area contributed by atoms with Gasteiger partial charge in [-0.1, -0.05) is 85.3 Å². The van der Waals surface area contributed by atoms with E-state index in [4.69, 9.17) is 0 Å². The van der Waals surface area contributed by atoms with Crippen LogP contribution in [0.2, 0.25) is 0 Å². The Labute approximate surface area is 227 Å². The zero-order chi connectivity index (χ0) is 24.7. The van der Waals surface area contributed by atoms with E-state index in [-0.39, 0.29) is 16.3 Å². The van der Waals surface area contributed by atoms with Crippen LogP contribution in [0.3, 0.4) is 0 Å². The maximum absolute atomic E-state index is 2.57. The van der Waals surface area contributed by atoms with Gasteiger partial charge in [-0.15, -0.1) is 0 Å². The molecule has 37 heavy (non-hydrogen) atoms. The Balaban J connectivity index is 1.31. The molecule has 0 saturated heterocycles. The topological polar surface area (TPSA) is 0 Å². The first-order valence-corrected chi connectivity index (χ1v) is 15.2. The summed E-state index contributed by atoms with van der Waals surface area (Å²) < 4.78 is 0. The molecule has 2 aliphatic carbocycles. The van der Waals surface area contributed by atoms with Gasteiger partial charge in [-0.2, -0.15) is 0 Å². The van der Waals surface area contributed by atoms with Crippen LogP contribution in [0.5, 0.6) is 0 Å². The van der Waals surface area contributed by atoms with Gasteiger partial charge in [-0.25, -0.2) is 0 Å². The molecule has 0 aliphatic heterocycles. The van der Waals surface area contributed by atoms with Gasteiger partial charge >= 0.3 is 0 Å². The quantitative estimate of drug-likeness (QED) is 0.211. The smallest absolute Gasteiger partial charge is 0.0901 e. The summed E-state index contributed by atoms with van der Waals surface area (Å²) in [4.78, 5) is 6.73. The molecule has 2 heteroatoms. The highest BCUT2D eigenvalue weighted by Gasteiger charge is 2.46. The molecule has 0 N–H and O–H groups in total. The van der Waals surface area contributed by atoms with Crippen molar-refractivity contribution in [2.45, 2.75) is 55.6 Å². The SMILES string of the molecule is c1ccc(Sc2ccc([S+](c3ccccc3)c3ccc4c(c3)C3(CCCC3)c3ccccc3-4)cc2)cc1. The first-order chi connectivity index (χ1) is 18.3. The van der Waals surface area contributed by atoms with Gasteiger partial charge < -0.3 is 0 Å². The van der Waals surface area contributed by atoms with E-state index in [9.17, 15) is 0 Å². The van der Waals surface area contributed by atoms with Crippen LogP contribution >= 0.6 is 11.8 Å². The third kappa shape index (κ3) is 4.04. The average Bonchev–Trinajstić information content (AvgIpc) is 3.56.